The van der Waals surface area contributed by atoms with Gasteiger partial charge in [-0.2, -0.15) is 0 Å². The third-order valence-electron chi connectivity index (χ3n) is 1.94. The summed E-state index contributed by atoms with van der Waals surface area (Å²) in [6, 6.07) is 0.533. The maximum absolute atomic E-state index is 4.21. The van der Waals surface area contributed by atoms with Gasteiger partial charge in [-0.05, 0) is 0 Å². The van der Waals surface area contributed by atoms with Gasteiger partial charge in [0, 0.05) is 38.6 Å². The highest BCUT2D eigenvalue weighted by Crippen LogP contribution is 2.02. The third-order valence-corrected chi connectivity index (χ3v) is 1.94. The lowest BCUT2D eigenvalue weighted by molar-refractivity contribution is 0.588. The zero-order chi connectivity index (χ0) is 10.4. The molecule has 0 fully saturated rings. The molecule has 0 radical (unpaired) electrons. The highest BCUT2D eigenvalue weighted by atomic mass is 15.2. The molecule has 1 aromatic heterocycles. The number of hydrogen-bond acceptors (Lipinski definition) is 4. The molecule has 0 aromatic carbocycles. The van der Waals surface area contributed by atoms with Crippen LogP contribution < -0.4 is 10.2 Å². The van der Waals surface area contributed by atoms with Crippen LogP contribution in [0.3, 0.4) is 0 Å². The summed E-state index contributed by atoms with van der Waals surface area (Å²) < 4.78 is 0. The van der Waals surface area contributed by atoms with Crippen molar-refractivity contribution in [3.05, 3.63) is 18.6 Å². The Hall–Kier alpha value is -1.16. The van der Waals surface area contributed by atoms with E-state index in [2.05, 4.69) is 34.0 Å². The van der Waals surface area contributed by atoms with Crippen LogP contribution >= 0.6 is 0 Å². The van der Waals surface area contributed by atoms with E-state index < -0.39 is 0 Å². The van der Waals surface area contributed by atoms with Gasteiger partial charge >= 0.3 is 0 Å². The molecule has 14 heavy (non-hydrogen) atoms. The summed E-state index contributed by atoms with van der Waals surface area (Å²) in [6.07, 6.45) is 5.17. The van der Waals surface area contributed by atoms with Gasteiger partial charge in [-0.3, -0.25) is 4.98 Å². The molecule has 0 aliphatic carbocycles. The lowest BCUT2D eigenvalue weighted by atomic mass is 10.4. The quantitative estimate of drug-likeness (QED) is 0.756. The fourth-order valence-electron chi connectivity index (χ4n) is 1.12. The molecule has 0 aliphatic rings. The molecular formula is C10H18N4. The fraction of sp³-hybridized carbons (Fsp3) is 0.600. The van der Waals surface area contributed by atoms with Crippen molar-refractivity contribution in [1.82, 2.24) is 15.3 Å². The lowest BCUT2D eigenvalue weighted by Gasteiger charge is -2.18. The Morgan fingerprint density at radius 3 is 2.79 bits per heavy atom. The van der Waals surface area contributed by atoms with Crippen LogP contribution in [0.5, 0.6) is 0 Å². The molecule has 0 aliphatic heterocycles. The highest BCUT2D eigenvalue weighted by Gasteiger charge is 2.01. The lowest BCUT2D eigenvalue weighted by Crippen LogP contribution is -2.33. The Bertz CT molecular complexity index is 248. The topological polar surface area (TPSA) is 41.0 Å². The van der Waals surface area contributed by atoms with Crippen LogP contribution in [0.1, 0.15) is 13.8 Å². The van der Waals surface area contributed by atoms with Gasteiger partial charge in [0.15, 0.2) is 0 Å². The molecular weight excluding hydrogens is 176 g/mol. The molecule has 4 heteroatoms. The first-order valence-electron chi connectivity index (χ1n) is 4.90. The van der Waals surface area contributed by atoms with E-state index in [0.29, 0.717) is 6.04 Å². The van der Waals surface area contributed by atoms with Crippen molar-refractivity contribution in [3.63, 3.8) is 0 Å². The summed E-state index contributed by atoms with van der Waals surface area (Å²) in [5.74, 6) is 0.915. The van der Waals surface area contributed by atoms with E-state index >= 15 is 0 Å². The monoisotopic (exact) mass is 194 g/mol. The summed E-state index contributed by atoms with van der Waals surface area (Å²) in [4.78, 5) is 10.3. The number of rotatable bonds is 5. The van der Waals surface area contributed by atoms with E-state index in [0.717, 1.165) is 18.9 Å². The van der Waals surface area contributed by atoms with Crippen molar-refractivity contribution >= 4 is 5.82 Å². The maximum atomic E-state index is 4.21. The number of hydrogen-bond donors (Lipinski definition) is 1. The van der Waals surface area contributed by atoms with E-state index in [9.17, 15) is 0 Å². The molecule has 1 heterocycles. The number of anilines is 1. The summed E-state index contributed by atoms with van der Waals surface area (Å²) in [6.45, 7) is 6.19. The van der Waals surface area contributed by atoms with Crippen LogP contribution in [0.2, 0.25) is 0 Å². The van der Waals surface area contributed by atoms with Crippen molar-refractivity contribution in [2.24, 2.45) is 0 Å². The molecule has 0 saturated heterocycles. The van der Waals surface area contributed by atoms with Gasteiger partial charge in [-0.25, -0.2) is 4.98 Å². The zero-order valence-corrected chi connectivity index (χ0v) is 9.07. The minimum Gasteiger partial charge on any atom is -0.357 e. The molecule has 0 amide bonds. The maximum Gasteiger partial charge on any atom is 0.146 e. The van der Waals surface area contributed by atoms with Crippen LogP contribution in [-0.2, 0) is 0 Å². The summed E-state index contributed by atoms with van der Waals surface area (Å²) >= 11 is 0. The van der Waals surface area contributed by atoms with Crippen molar-refractivity contribution < 1.29 is 0 Å². The fourth-order valence-corrected chi connectivity index (χ4v) is 1.12. The smallest absolute Gasteiger partial charge is 0.146 e. The van der Waals surface area contributed by atoms with Crippen LogP contribution in [0, 0.1) is 0 Å². The number of likely N-dealkylation sites (N-methyl/N-ethyl adjacent to an activating group) is 1. The molecule has 0 unspecified atom stereocenters. The van der Waals surface area contributed by atoms with Gasteiger partial charge in [-0.15, -0.1) is 0 Å². The molecule has 78 valence electrons. The predicted octanol–water partition coefficient (Wildman–Crippen LogP) is 0.911. The van der Waals surface area contributed by atoms with Gasteiger partial charge in [0.05, 0.1) is 6.20 Å². The van der Waals surface area contributed by atoms with E-state index in [4.69, 9.17) is 0 Å². The van der Waals surface area contributed by atoms with Crippen LogP contribution in [0.4, 0.5) is 5.82 Å². The molecule has 4 nitrogen and oxygen atoms in total. The van der Waals surface area contributed by atoms with Gasteiger partial charge in [0.25, 0.3) is 0 Å². The second-order valence-corrected chi connectivity index (χ2v) is 3.59. The largest absolute Gasteiger partial charge is 0.357 e. The van der Waals surface area contributed by atoms with Crippen molar-refractivity contribution in [2.45, 2.75) is 19.9 Å². The molecule has 1 N–H and O–H groups in total. The predicted molar refractivity (Wildman–Crippen MR) is 58.4 cm³/mol. The van der Waals surface area contributed by atoms with Crippen molar-refractivity contribution in [3.8, 4) is 0 Å². The average molecular weight is 194 g/mol. The van der Waals surface area contributed by atoms with E-state index in [1.165, 1.54) is 0 Å². The molecule has 0 bridgehead atoms. The minimum atomic E-state index is 0.533. The first-order chi connectivity index (χ1) is 6.70. The van der Waals surface area contributed by atoms with Gasteiger partial charge in [-0.1, -0.05) is 13.8 Å². The van der Waals surface area contributed by atoms with Gasteiger partial charge in [0.1, 0.15) is 5.82 Å². The van der Waals surface area contributed by atoms with E-state index in [-0.39, 0.29) is 0 Å². The molecule has 0 saturated carbocycles. The SMILES string of the molecule is CC(C)NCCN(C)c1cnccn1. The van der Waals surface area contributed by atoms with Crippen molar-refractivity contribution in [2.75, 3.05) is 25.0 Å². The first-order valence-corrected chi connectivity index (χ1v) is 4.90. The Balaban J connectivity index is 2.32. The molecule has 1 rings (SSSR count). The first kappa shape index (κ1) is 10.9. The Kier molecular flexibility index (Phi) is 4.32. The Morgan fingerprint density at radius 1 is 1.43 bits per heavy atom. The Labute approximate surface area is 85.4 Å². The second-order valence-electron chi connectivity index (χ2n) is 3.59. The summed E-state index contributed by atoms with van der Waals surface area (Å²) in [5, 5.41) is 3.36. The van der Waals surface area contributed by atoms with E-state index in [1.54, 1.807) is 18.6 Å². The molecule has 0 atom stereocenters. The number of nitrogens with zero attached hydrogens (tertiary/aromatic N) is 3. The third kappa shape index (κ3) is 3.70. The minimum absolute atomic E-state index is 0.533. The standard InChI is InChI=1S/C10H18N4/c1-9(2)12-6-7-14(3)10-8-11-4-5-13-10/h4-5,8-9,12H,6-7H2,1-3H3. The normalized spacial score (nSPS) is 10.6. The summed E-state index contributed by atoms with van der Waals surface area (Å²) in [7, 11) is 2.02. The van der Waals surface area contributed by atoms with Crippen LogP contribution in [0.15, 0.2) is 18.6 Å². The Morgan fingerprint density at radius 2 is 2.21 bits per heavy atom. The number of aromatic nitrogens is 2. The molecule has 0 spiro atoms. The van der Waals surface area contributed by atoms with E-state index in [1.807, 2.05) is 7.05 Å². The van der Waals surface area contributed by atoms with Crippen LogP contribution in [-0.4, -0.2) is 36.1 Å². The van der Waals surface area contributed by atoms with Gasteiger partial charge < -0.3 is 10.2 Å². The zero-order valence-electron chi connectivity index (χ0n) is 9.07. The second kappa shape index (κ2) is 5.54. The summed E-state index contributed by atoms with van der Waals surface area (Å²) in [5.41, 5.74) is 0. The van der Waals surface area contributed by atoms with Crippen molar-refractivity contribution in [1.29, 1.82) is 0 Å². The number of nitrogens with one attached hydrogen (secondary N) is 1. The van der Waals surface area contributed by atoms with Gasteiger partial charge in [0.2, 0.25) is 0 Å². The molecule has 1 aromatic rings. The average Bonchev–Trinajstić information content (AvgIpc) is 2.18. The van der Waals surface area contributed by atoms with Crippen LogP contribution in [0.25, 0.3) is 0 Å². The highest BCUT2D eigenvalue weighted by molar-refractivity contribution is 5.33.